The van der Waals surface area contributed by atoms with Crippen LogP contribution in [0.25, 0.3) is 5.69 Å². The number of ether oxygens (including phenoxy) is 1. The van der Waals surface area contributed by atoms with Crippen LogP contribution < -0.4 is 15.5 Å². The molecule has 0 aliphatic carbocycles. The highest BCUT2D eigenvalue weighted by Crippen LogP contribution is 2.44. The fraction of sp³-hybridized carbons (Fsp3) is 0.207. The van der Waals surface area contributed by atoms with E-state index in [1.54, 1.807) is 0 Å². The number of nitrogens with zero attached hydrogens (tertiary/aromatic N) is 3. The zero-order valence-corrected chi connectivity index (χ0v) is 23.7. The molecule has 0 saturated carbocycles. The smallest absolute Gasteiger partial charge is 0.250 e. The molecule has 194 valence electrons. The number of anilines is 2. The fourth-order valence-electron chi connectivity index (χ4n) is 5.07. The van der Waals surface area contributed by atoms with Gasteiger partial charge >= 0.3 is 0 Å². The number of rotatable bonds is 7. The first kappa shape index (κ1) is 26.1. The summed E-state index contributed by atoms with van der Waals surface area (Å²) in [6, 6.07) is 23.8. The second-order valence-corrected chi connectivity index (χ2v) is 10.4. The van der Waals surface area contributed by atoms with Crippen molar-refractivity contribution in [2.24, 2.45) is 0 Å². The van der Waals surface area contributed by atoms with E-state index in [0.29, 0.717) is 10.8 Å². The van der Waals surface area contributed by atoms with Crippen LogP contribution in [0.1, 0.15) is 34.7 Å². The number of methoxy groups -OCH3 is 1. The summed E-state index contributed by atoms with van der Waals surface area (Å²) in [4.78, 5) is 18.8. The third kappa shape index (κ3) is 4.97. The molecule has 0 bridgehead atoms. The molecular formula is C29H28BrN5O2S. The van der Waals surface area contributed by atoms with Gasteiger partial charge in [0.25, 0.3) is 0 Å². The van der Waals surface area contributed by atoms with Gasteiger partial charge < -0.3 is 24.8 Å². The zero-order chi connectivity index (χ0) is 26.8. The second kappa shape index (κ2) is 11.1. The maximum atomic E-state index is 12.0. The van der Waals surface area contributed by atoms with Gasteiger partial charge in [0.2, 0.25) is 5.91 Å². The molecule has 0 unspecified atom stereocenters. The van der Waals surface area contributed by atoms with Gasteiger partial charge in [0.15, 0.2) is 5.11 Å². The van der Waals surface area contributed by atoms with E-state index in [2.05, 4.69) is 73.1 Å². The molecule has 7 nitrogen and oxygen atoms in total. The Morgan fingerprint density at radius 3 is 2.53 bits per heavy atom. The Morgan fingerprint density at radius 2 is 1.84 bits per heavy atom. The minimum atomic E-state index is -0.203. The Kier molecular flexibility index (Phi) is 7.60. The molecule has 2 aromatic heterocycles. The van der Waals surface area contributed by atoms with E-state index in [1.807, 2.05) is 60.8 Å². The highest BCUT2D eigenvalue weighted by molar-refractivity contribution is 9.10. The normalized spacial score (nSPS) is 16.9. The maximum absolute atomic E-state index is 12.0. The molecule has 2 N–H and O–H groups in total. The number of benzene rings is 2. The van der Waals surface area contributed by atoms with Crippen molar-refractivity contribution in [1.82, 2.24) is 14.9 Å². The van der Waals surface area contributed by atoms with Gasteiger partial charge in [-0.1, -0.05) is 18.2 Å². The molecule has 5 rings (SSSR count). The lowest BCUT2D eigenvalue weighted by Gasteiger charge is -2.28. The number of pyridine rings is 1. The predicted molar refractivity (Wildman–Crippen MR) is 158 cm³/mol. The number of hydrogen-bond acceptors (Lipinski definition) is 4. The number of thiocarbonyl (C=S) groups is 1. The highest BCUT2D eigenvalue weighted by atomic mass is 79.9. The van der Waals surface area contributed by atoms with E-state index in [9.17, 15) is 4.79 Å². The van der Waals surface area contributed by atoms with Gasteiger partial charge in [-0.3, -0.25) is 9.78 Å². The van der Waals surface area contributed by atoms with Crippen molar-refractivity contribution in [3.8, 4) is 5.69 Å². The molecule has 1 saturated heterocycles. The van der Waals surface area contributed by atoms with E-state index >= 15 is 0 Å². The van der Waals surface area contributed by atoms with Gasteiger partial charge in [-0.25, -0.2) is 0 Å². The van der Waals surface area contributed by atoms with E-state index in [1.165, 1.54) is 7.11 Å². The summed E-state index contributed by atoms with van der Waals surface area (Å²) in [6.07, 6.45) is 1.81. The number of aromatic nitrogens is 2. The number of carbonyl (C=O) groups is 1. The van der Waals surface area contributed by atoms with Crippen LogP contribution >= 0.6 is 28.1 Å². The molecule has 2 aromatic carbocycles. The number of aryl methyl sites for hydroxylation is 1. The molecule has 4 aromatic rings. The van der Waals surface area contributed by atoms with Gasteiger partial charge in [-0.15, -0.1) is 0 Å². The lowest BCUT2D eigenvalue weighted by molar-refractivity contribution is -0.119. The third-order valence-corrected chi connectivity index (χ3v) is 7.67. The summed E-state index contributed by atoms with van der Waals surface area (Å²) in [6.45, 7) is 4.27. The van der Waals surface area contributed by atoms with E-state index in [0.717, 1.165) is 38.5 Å². The number of hydrogen-bond donors (Lipinski definition) is 2. The van der Waals surface area contributed by atoms with E-state index in [4.69, 9.17) is 17.0 Å². The predicted octanol–water partition coefficient (Wildman–Crippen LogP) is 6.01. The van der Waals surface area contributed by atoms with Crippen LogP contribution in [-0.4, -0.2) is 34.3 Å². The molecule has 1 aliphatic rings. The lowest BCUT2D eigenvalue weighted by Crippen LogP contribution is -2.29. The van der Waals surface area contributed by atoms with Crippen molar-refractivity contribution in [3.63, 3.8) is 0 Å². The molecule has 0 spiro atoms. The number of nitrogens with one attached hydrogen (secondary N) is 2. The van der Waals surface area contributed by atoms with Crippen molar-refractivity contribution < 1.29 is 9.53 Å². The third-order valence-electron chi connectivity index (χ3n) is 6.69. The first-order valence-corrected chi connectivity index (χ1v) is 13.4. The fourth-order valence-corrected chi connectivity index (χ4v) is 5.88. The second-order valence-electron chi connectivity index (χ2n) is 9.14. The number of amides is 1. The Labute approximate surface area is 236 Å². The maximum Gasteiger partial charge on any atom is 0.250 e. The van der Waals surface area contributed by atoms with Crippen LogP contribution in [0.4, 0.5) is 11.4 Å². The Balaban J connectivity index is 1.59. The van der Waals surface area contributed by atoms with E-state index in [-0.39, 0.29) is 24.6 Å². The summed E-state index contributed by atoms with van der Waals surface area (Å²) in [5.41, 5.74) is 7.01. The van der Waals surface area contributed by atoms with Gasteiger partial charge in [0.05, 0.1) is 23.5 Å². The number of para-hydroxylation sites is 1. The average molecular weight is 591 g/mol. The number of halogens is 1. The zero-order valence-electron chi connectivity index (χ0n) is 21.3. The molecule has 2 atom stereocenters. The topological polar surface area (TPSA) is 71.4 Å². The largest absolute Gasteiger partial charge is 0.375 e. The van der Waals surface area contributed by atoms with Crippen LogP contribution in [0.15, 0.2) is 83.5 Å². The average Bonchev–Trinajstić information content (AvgIpc) is 3.40. The van der Waals surface area contributed by atoms with Crippen LogP contribution in [0.5, 0.6) is 0 Å². The van der Waals surface area contributed by atoms with E-state index < -0.39 is 0 Å². The lowest BCUT2D eigenvalue weighted by atomic mass is 9.96. The molecular weight excluding hydrogens is 562 g/mol. The summed E-state index contributed by atoms with van der Waals surface area (Å²) in [5.74, 6) is -0.203. The molecule has 38 heavy (non-hydrogen) atoms. The monoisotopic (exact) mass is 589 g/mol. The van der Waals surface area contributed by atoms with Crippen LogP contribution in [0, 0.1) is 13.8 Å². The van der Waals surface area contributed by atoms with Crippen LogP contribution in [0.2, 0.25) is 0 Å². The van der Waals surface area contributed by atoms with Crippen molar-refractivity contribution in [3.05, 3.63) is 106 Å². The van der Waals surface area contributed by atoms with Crippen molar-refractivity contribution >= 4 is 50.5 Å². The summed E-state index contributed by atoms with van der Waals surface area (Å²) in [7, 11) is 1.50. The van der Waals surface area contributed by atoms with Gasteiger partial charge in [-0.05, 0) is 102 Å². The molecule has 1 amide bonds. The van der Waals surface area contributed by atoms with Crippen LogP contribution in [-0.2, 0) is 9.53 Å². The Morgan fingerprint density at radius 1 is 1.11 bits per heavy atom. The quantitative estimate of drug-likeness (QED) is 0.257. The molecule has 1 aliphatic heterocycles. The van der Waals surface area contributed by atoms with Crippen LogP contribution in [0.3, 0.4) is 0 Å². The SMILES string of the molecule is COCC(=O)Nc1ccc(N2C(=S)N[C@H](c3ccccn3)[C@H]2c2cc(C)n(-c3ccccc3Br)c2C)cc1. The summed E-state index contributed by atoms with van der Waals surface area (Å²) < 4.78 is 8.21. The van der Waals surface area contributed by atoms with Crippen molar-refractivity contribution in [1.29, 1.82) is 0 Å². The Bertz CT molecular complexity index is 1470. The standard InChI is InChI=1S/C29H28BrN5O2S/c1-18-16-22(19(2)34(18)25-10-5-4-8-23(25)30)28-27(24-9-6-7-15-31-24)33-29(38)35(28)21-13-11-20(12-14-21)32-26(36)17-37-3/h4-16,27-28H,17H2,1-3H3,(H,32,36)(H,33,38)/t27-,28-/m1/s1. The summed E-state index contributed by atoms with van der Waals surface area (Å²) in [5, 5.41) is 6.99. The van der Waals surface area contributed by atoms with Gasteiger partial charge in [0.1, 0.15) is 6.61 Å². The van der Waals surface area contributed by atoms with Crippen molar-refractivity contribution in [2.45, 2.75) is 25.9 Å². The molecule has 1 fully saturated rings. The minimum absolute atomic E-state index is 0.00284. The Hall–Kier alpha value is -3.53. The minimum Gasteiger partial charge on any atom is -0.375 e. The first-order chi connectivity index (χ1) is 18.4. The van der Waals surface area contributed by atoms with Gasteiger partial charge in [0, 0.05) is 40.5 Å². The molecule has 3 heterocycles. The summed E-state index contributed by atoms with van der Waals surface area (Å²) >= 11 is 9.62. The molecule has 9 heteroatoms. The van der Waals surface area contributed by atoms with Crippen molar-refractivity contribution in [2.75, 3.05) is 23.9 Å². The molecule has 0 radical (unpaired) electrons. The van der Waals surface area contributed by atoms with Gasteiger partial charge in [-0.2, -0.15) is 0 Å². The highest BCUT2D eigenvalue weighted by Gasteiger charge is 2.42. The number of carbonyl (C=O) groups excluding carboxylic acids is 1. The first-order valence-electron chi connectivity index (χ1n) is 12.2.